The first kappa shape index (κ1) is 39.1. The fourth-order valence-electron chi connectivity index (χ4n) is 5.62. The number of unbranched alkanes of at least 4 members (excludes halogenated alkanes) is 28. The molecule has 2 nitrogen and oxygen atoms in total. The molecule has 0 bridgehead atoms. The summed E-state index contributed by atoms with van der Waals surface area (Å²) in [6.07, 6.45) is 42.4. The molecule has 0 unspecified atom stereocenters. The summed E-state index contributed by atoms with van der Waals surface area (Å²) in [5, 5.41) is 0. The van der Waals surface area contributed by atoms with Gasteiger partial charge in [0.05, 0.1) is 0 Å². The lowest BCUT2D eigenvalue weighted by molar-refractivity contribution is 0.172. The van der Waals surface area contributed by atoms with Crippen LogP contribution in [0.25, 0.3) is 0 Å². The number of hydrogen-bond acceptors (Lipinski definition) is 2. The normalized spacial score (nSPS) is 12.0. The van der Waals surface area contributed by atoms with Gasteiger partial charge in [-0.25, -0.2) is 0 Å². The van der Waals surface area contributed by atoms with Gasteiger partial charge in [0.2, 0.25) is 0 Å². The molecule has 0 saturated heterocycles. The van der Waals surface area contributed by atoms with E-state index in [1.807, 2.05) is 0 Å². The average molecular weight is 569 g/mol. The Balaban J connectivity index is 3.26. The van der Waals surface area contributed by atoms with E-state index in [1.54, 1.807) is 0 Å². The lowest BCUT2D eigenvalue weighted by Crippen LogP contribution is -2.35. The summed E-state index contributed by atoms with van der Waals surface area (Å²) in [7, 11) is -1.92. The van der Waals surface area contributed by atoms with E-state index in [9.17, 15) is 0 Å². The Hall–Kier alpha value is 0.137. The van der Waals surface area contributed by atoms with Crippen LogP contribution >= 0.6 is 0 Å². The van der Waals surface area contributed by atoms with Crippen molar-refractivity contribution in [3.8, 4) is 0 Å². The molecular formula is C36H76O2Si. The molecule has 0 aromatic carbocycles. The summed E-state index contributed by atoms with van der Waals surface area (Å²) in [5.74, 6) is 0. The zero-order chi connectivity index (χ0) is 28.5. The van der Waals surface area contributed by atoms with Crippen LogP contribution in [-0.2, 0) is 8.85 Å². The molecule has 0 aliphatic heterocycles. The largest absolute Gasteiger partial charge is 0.395 e. The predicted molar refractivity (Wildman–Crippen MR) is 179 cm³/mol. The minimum Gasteiger partial charge on any atom is -0.395 e. The van der Waals surface area contributed by atoms with Crippen LogP contribution in [0.5, 0.6) is 0 Å². The van der Waals surface area contributed by atoms with Gasteiger partial charge in [0, 0.05) is 13.2 Å². The summed E-state index contributed by atoms with van der Waals surface area (Å²) in [4.78, 5) is 0. The molecule has 0 saturated carbocycles. The Bertz CT molecular complexity index is 402. The molecule has 236 valence electrons. The molecule has 0 aromatic rings. The summed E-state index contributed by atoms with van der Waals surface area (Å²) < 4.78 is 12.4. The SMILES string of the molecule is CCCCCCCCCCCCCCCCCO[Si](C)(C)OCCCCCCCCCCCCCCCCC. The van der Waals surface area contributed by atoms with Gasteiger partial charge < -0.3 is 8.85 Å². The lowest BCUT2D eigenvalue weighted by atomic mass is 10.0. The van der Waals surface area contributed by atoms with Gasteiger partial charge in [-0.05, 0) is 25.9 Å². The minimum absolute atomic E-state index is 0.899. The van der Waals surface area contributed by atoms with E-state index >= 15 is 0 Å². The van der Waals surface area contributed by atoms with Crippen molar-refractivity contribution in [1.82, 2.24) is 0 Å². The van der Waals surface area contributed by atoms with Gasteiger partial charge in [-0.3, -0.25) is 0 Å². The molecule has 0 aliphatic carbocycles. The van der Waals surface area contributed by atoms with Crippen LogP contribution in [-0.4, -0.2) is 21.8 Å². The highest BCUT2D eigenvalue weighted by molar-refractivity contribution is 6.64. The second kappa shape index (κ2) is 32.6. The predicted octanol–water partition coefficient (Wildman–Crippen LogP) is 13.5. The van der Waals surface area contributed by atoms with Crippen LogP contribution in [0.4, 0.5) is 0 Å². The van der Waals surface area contributed by atoms with Gasteiger partial charge in [-0.15, -0.1) is 0 Å². The van der Waals surface area contributed by atoms with E-state index in [2.05, 4.69) is 26.9 Å². The van der Waals surface area contributed by atoms with Crippen molar-refractivity contribution in [3.63, 3.8) is 0 Å². The molecule has 0 atom stereocenters. The lowest BCUT2D eigenvalue weighted by Gasteiger charge is -2.23. The van der Waals surface area contributed by atoms with Crippen molar-refractivity contribution < 1.29 is 8.85 Å². The zero-order valence-electron chi connectivity index (χ0n) is 27.9. The van der Waals surface area contributed by atoms with E-state index in [-0.39, 0.29) is 0 Å². The number of rotatable bonds is 34. The summed E-state index contributed by atoms with van der Waals surface area (Å²) in [5.41, 5.74) is 0. The minimum atomic E-state index is -1.92. The molecular weight excluding hydrogens is 492 g/mol. The molecule has 0 aliphatic rings. The maximum absolute atomic E-state index is 6.18. The maximum atomic E-state index is 6.18. The molecule has 0 aromatic heterocycles. The molecule has 3 heteroatoms. The van der Waals surface area contributed by atoms with E-state index in [4.69, 9.17) is 8.85 Å². The van der Waals surface area contributed by atoms with E-state index in [0.717, 1.165) is 13.2 Å². The summed E-state index contributed by atoms with van der Waals surface area (Å²) in [6.45, 7) is 10.8. The fraction of sp³-hybridized carbons (Fsp3) is 1.00. The van der Waals surface area contributed by atoms with Crippen LogP contribution < -0.4 is 0 Å². The van der Waals surface area contributed by atoms with Crippen molar-refractivity contribution in [3.05, 3.63) is 0 Å². The van der Waals surface area contributed by atoms with Gasteiger partial charge in [-0.1, -0.05) is 194 Å². The molecule has 0 amide bonds. The van der Waals surface area contributed by atoms with E-state index in [0.29, 0.717) is 0 Å². The van der Waals surface area contributed by atoms with Crippen molar-refractivity contribution in [2.24, 2.45) is 0 Å². The molecule has 0 heterocycles. The maximum Gasteiger partial charge on any atom is 0.331 e. The summed E-state index contributed by atoms with van der Waals surface area (Å²) >= 11 is 0. The van der Waals surface area contributed by atoms with Crippen molar-refractivity contribution >= 4 is 8.56 Å². The van der Waals surface area contributed by atoms with Crippen molar-refractivity contribution in [2.45, 2.75) is 220 Å². The second-order valence-electron chi connectivity index (χ2n) is 13.0. The van der Waals surface area contributed by atoms with Crippen LogP contribution in [0, 0.1) is 0 Å². The van der Waals surface area contributed by atoms with Gasteiger partial charge in [0.1, 0.15) is 0 Å². The zero-order valence-corrected chi connectivity index (χ0v) is 28.9. The third kappa shape index (κ3) is 34.2. The highest BCUT2D eigenvalue weighted by Crippen LogP contribution is 2.16. The monoisotopic (exact) mass is 569 g/mol. The van der Waals surface area contributed by atoms with Crippen molar-refractivity contribution in [1.29, 1.82) is 0 Å². The third-order valence-corrected chi connectivity index (χ3v) is 10.2. The van der Waals surface area contributed by atoms with Gasteiger partial charge >= 0.3 is 8.56 Å². The van der Waals surface area contributed by atoms with Gasteiger partial charge in [-0.2, -0.15) is 0 Å². The van der Waals surface area contributed by atoms with E-state index in [1.165, 1.54) is 193 Å². The van der Waals surface area contributed by atoms with Gasteiger partial charge in [0.25, 0.3) is 0 Å². The second-order valence-corrected chi connectivity index (χ2v) is 16.4. The molecule has 0 fully saturated rings. The third-order valence-electron chi connectivity index (χ3n) is 8.40. The van der Waals surface area contributed by atoms with E-state index < -0.39 is 8.56 Å². The molecule has 0 spiro atoms. The van der Waals surface area contributed by atoms with Crippen LogP contribution in [0.15, 0.2) is 0 Å². The summed E-state index contributed by atoms with van der Waals surface area (Å²) in [6, 6.07) is 0. The first-order valence-electron chi connectivity index (χ1n) is 18.4. The topological polar surface area (TPSA) is 18.5 Å². The molecule has 0 N–H and O–H groups in total. The molecule has 0 radical (unpaired) electrons. The van der Waals surface area contributed by atoms with Gasteiger partial charge in [0.15, 0.2) is 0 Å². The highest BCUT2D eigenvalue weighted by atomic mass is 28.4. The van der Waals surface area contributed by atoms with Crippen molar-refractivity contribution in [2.75, 3.05) is 13.2 Å². The molecule has 0 rings (SSSR count). The Labute approximate surface area is 249 Å². The Kier molecular flexibility index (Phi) is 32.8. The van der Waals surface area contributed by atoms with Crippen LogP contribution in [0.2, 0.25) is 13.1 Å². The highest BCUT2D eigenvalue weighted by Gasteiger charge is 2.23. The fourth-order valence-corrected chi connectivity index (χ4v) is 6.98. The smallest absolute Gasteiger partial charge is 0.331 e. The quantitative estimate of drug-likeness (QED) is 0.0567. The Morgan fingerprint density at radius 1 is 0.282 bits per heavy atom. The average Bonchev–Trinajstić information content (AvgIpc) is 2.92. The molecule has 39 heavy (non-hydrogen) atoms. The van der Waals surface area contributed by atoms with Crippen LogP contribution in [0.1, 0.15) is 206 Å². The Morgan fingerprint density at radius 2 is 0.462 bits per heavy atom. The standard InChI is InChI=1S/C36H76O2Si/c1-5-7-9-11-13-15-17-19-21-23-25-27-29-31-33-35-37-39(3,4)38-36-34-32-30-28-26-24-22-20-18-16-14-12-10-8-6-2/h5-36H2,1-4H3. The number of hydrogen-bond donors (Lipinski definition) is 0. The first-order valence-corrected chi connectivity index (χ1v) is 21.2. The Morgan fingerprint density at radius 3 is 0.667 bits per heavy atom. The first-order chi connectivity index (χ1) is 19.1. The van der Waals surface area contributed by atoms with Crippen LogP contribution in [0.3, 0.4) is 0 Å².